The van der Waals surface area contributed by atoms with E-state index in [1.54, 1.807) is 0 Å². The van der Waals surface area contributed by atoms with E-state index in [4.69, 9.17) is 25.9 Å². The number of hydrogen-bond donors (Lipinski definition) is 3. The van der Waals surface area contributed by atoms with Crippen LogP contribution in [-0.4, -0.2) is 22.3 Å². The van der Waals surface area contributed by atoms with E-state index in [0.717, 1.165) is 0 Å². The number of anilines is 1. The molecule has 0 amide bonds. The maximum Gasteiger partial charge on any atom is 0.291 e. The molecule has 0 aliphatic rings. The van der Waals surface area contributed by atoms with Crippen molar-refractivity contribution in [1.82, 2.24) is 0 Å². The van der Waals surface area contributed by atoms with Gasteiger partial charge in [0.25, 0.3) is 10.8 Å². The first-order chi connectivity index (χ1) is 7.92. The number of nitrogens with two attached hydrogens (primary N) is 1. The molecule has 0 bridgehead atoms. The predicted octanol–water partition coefficient (Wildman–Crippen LogP) is 0.541. The highest BCUT2D eigenvalue weighted by Gasteiger charge is 2.09. The normalized spacial score (nSPS) is 8.59. The number of benzene rings is 1. The summed E-state index contributed by atoms with van der Waals surface area (Å²) in [4.78, 5) is 18.2. The molecule has 0 aliphatic carbocycles. The molecular weight excluding hydrogens is 236 g/mol. The molecule has 0 aliphatic heterocycles. The SMILES string of the molecule is COc1cc([N+](=O)[O-])ccc1NN.O=[N+]([O-])O. The van der Waals surface area contributed by atoms with E-state index < -0.39 is 10.0 Å². The molecule has 0 atom stereocenters. The lowest BCUT2D eigenvalue weighted by Gasteiger charge is -2.06. The van der Waals surface area contributed by atoms with E-state index in [9.17, 15) is 10.1 Å². The van der Waals surface area contributed by atoms with E-state index >= 15 is 0 Å². The zero-order valence-electron chi connectivity index (χ0n) is 8.69. The van der Waals surface area contributed by atoms with Crippen molar-refractivity contribution in [2.75, 3.05) is 12.5 Å². The number of hydrogen-bond acceptors (Lipinski definition) is 7. The summed E-state index contributed by atoms with van der Waals surface area (Å²) < 4.78 is 4.88. The lowest BCUT2D eigenvalue weighted by atomic mass is 10.2. The van der Waals surface area contributed by atoms with Crippen LogP contribution in [0.2, 0.25) is 0 Å². The first-order valence-corrected chi connectivity index (χ1v) is 4.04. The summed E-state index contributed by atoms with van der Waals surface area (Å²) in [6, 6.07) is 4.13. The van der Waals surface area contributed by atoms with Gasteiger partial charge in [-0.05, 0) is 6.07 Å². The lowest BCUT2D eigenvalue weighted by molar-refractivity contribution is -0.742. The Hall–Kier alpha value is -2.62. The van der Waals surface area contributed by atoms with Crippen molar-refractivity contribution in [2.24, 2.45) is 5.84 Å². The molecule has 0 radical (unpaired) electrons. The van der Waals surface area contributed by atoms with Crippen LogP contribution in [0, 0.1) is 20.2 Å². The van der Waals surface area contributed by atoms with Crippen LogP contribution in [0.3, 0.4) is 0 Å². The monoisotopic (exact) mass is 246 g/mol. The number of nitro groups is 1. The molecule has 4 N–H and O–H groups in total. The van der Waals surface area contributed by atoms with Gasteiger partial charge in [0, 0.05) is 6.07 Å². The van der Waals surface area contributed by atoms with E-state index in [2.05, 4.69) is 5.43 Å². The molecule has 0 saturated heterocycles. The third-order valence-electron chi connectivity index (χ3n) is 1.55. The average molecular weight is 246 g/mol. The fraction of sp³-hybridized carbons (Fsp3) is 0.143. The van der Waals surface area contributed by atoms with Gasteiger partial charge in [-0.2, -0.15) is 0 Å². The maximum absolute atomic E-state index is 10.4. The Bertz CT molecular complexity index is 405. The van der Waals surface area contributed by atoms with Crippen LogP contribution in [-0.2, 0) is 0 Å². The molecular formula is C7H10N4O6. The summed E-state index contributed by atoms with van der Waals surface area (Å²) in [5.41, 5.74) is 2.84. The minimum Gasteiger partial charge on any atom is -0.494 e. The summed E-state index contributed by atoms with van der Waals surface area (Å²) in [5, 5.41) is 24.0. The molecule has 0 saturated carbocycles. The maximum atomic E-state index is 10.4. The van der Waals surface area contributed by atoms with Crippen molar-refractivity contribution >= 4 is 11.4 Å². The average Bonchev–Trinajstić information content (AvgIpc) is 2.27. The topological polar surface area (TPSA) is 154 Å². The van der Waals surface area contributed by atoms with Crippen LogP contribution >= 0.6 is 0 Å². The third-order valence-corrected chi connectivity index (χ3v) is 1.55. The summed E-state index contributed by atoms with van der Waals surface area (Å²) in [5.74, 6) is 5.50. The van der Waals surface area contributed by atoms with Crippen LogP contribution in [0.1, 0.15) is 0 Å². The Morgan fingerprint density at radius 3 is 2.29 bits per heavy atom. The molecule has 0 aromatic heterocycles. The van der Waals surface area contributed by atoms with Crippen molar-refractivity contribution in [1.29, 1.82) is 0 Å². The molecule has 10 heteroatoms. The number of ether oxygens (including phenoxy) is 1. The predicted molar refractivity (Wildman–Crippen MR) is 56.2 cm³/mol. The zero-order valence-corrected chi connectivity index (χ0v) is 8.69. The summed E-state index contributed by atoms with van der Waals surface area (Å²) in [6.45, 7) is 0. The van der Waals surface area contributed by atoms with E-state index in [0.29, 0.717) is 11.4 Å². The van der Waals surface area contributed by atoms with Crippen LogP contribution in [0.5, 0.6) is 5.75 Å². The van der Waals surface area contributed by atoms with Gasteiger partial charge >= 0.3 is 0 Å². The quantitative estimate of drug-likeness (QED) is 0.396. The van der Waals surface area contributed by atoms with Crippen molar-refractivity contribution in [3.05, 3.63) is 38.4 Å². The number of nitrogen functional groups attached to an aromatic ring is 1. The number of nitrogens with zero attached hydrogens (tertiary/aromatic N) is 2. The van der Waals surface area contributed by atoms with Gasteiger partial charge < -0.3 is 15.4 Å². The van der Waals surface area contributed by atoms with Gasteiger partial charge in [0.1, 0.15) is 5.75 Å². The molecule has 0 unspecified atom stereocenters. The van der Waals surface area contributed by atoms with E-state index in [1.807, 2.05) is 0 Å². The van der Waals surface area contributed by atoms with Gasteiger partial charge in [-0.15, -0.1) is 10.1 Å². The minimum absolute atomic E-state index is 0.0316. The fourth-order valence-corrected chi connectivity index (χ4v) is 0.913. The number of nitrogens with one attached hydrogen (secondary N) is 1. The molecule has 1 aromatic rings. The Balaban J connectivity index is 0.000000557. The summed E-state index contributed by atoms with van der Waals surface area (Å²) in [6.07, 6.45) is 0. The zero-order chi connectivity index (χ0) is 13.4. The minimum atomic E-state index is -1.50. The number of non-ortho nitro benzene ring substituents is 1. The fourth-order valence-electron chi connectivity index (χ4n) is 0.913. The number of nitro benzene ring substituents is 1. The number of rotatable bonds is 3. The van der Waals surface area contributed by atoms with E-state index in [1.165, 1.54) is 25.3 Å². The van der Waals surface area contributed by atoms with Gasteiger partial charge in [0.15, 0.2) is 0 Å². The summed E-state index contributed by atoms with van der Waals surface area (Å²) >= 11 is 0. The molecule has 0 spiro atoms. The third kappa shape index (κ3) is 5.13. The van der Waals surface area contributed by atoms with Crippen molar-refractivity contribution in [2.45, 2.75) is 0 Å². The molecule has 0 fully saturated rings. The molecule has 1 aromatic carbocycles. The first kappa shape index (κ1) is 14.4. The first-order valence-electron chi connectivity index (χ1n) is 4.04. The lowest BCUT2D eigenvalue weighted by Crippen LogP contribution is -2.08. The standard InChI is InChI=1S/C7H9N3O3.HNO3/c1-13-7-4-5(10(11)12)2-3-6(7)9-8;2-1(3)4/h2-4,9H,8H2,1H3;(H,2,3,4). The van der Waals surface area contributed by atoms with Gasteiger partial charge in [-0.3, -0.25) is 16.0 Å². The Morgan fingerprint density at radius 2 is 1.94 bits per heavy atom. The second kappa shape index (κ2) is 6.79. The molecule has 94 valence electrons. The van der Waals surface area contributed by atoms with E-state index in [-0.39, 0.29) is 5.69 Å². The van der Waals surface area contributed by atoms with Gasteiger partial charge in [0.05, 0.1) is 23.8 Å². The van der Waals surface area contributed by atoms with Gasteiger partial charge in [-0.1, -0.05) is 0 Å². The molecule has 10 nitrogen and oxygen atoms in total. The summed E-state index contributed by atoms with van der Waals surface area (Å²) in [7, 11) is 1.42. The van der Waals surface area contributed by atoms with Crippen LogP contribution in [0.25, 0.3) is 0 Å². The highest BCUT2D eigenvalue weighted by Crippen LogP contribution is 2.27. The molecule has 17 heavy (non-hydrogen) atoms. The van der Waals surface area contributed by atoms with Crippen molar-refractivity contribution < 1.29 is 20.0 Å². The molecule has 0 heterocycles. The van der Waals surface area contributed by atoms with Crippen LogP contribution < -0.4 is 16.0 Å². The largest absolute Gasteiger partial charge is 0.494 e. The van der Waals surface area contributed by atoms with Crippen LogP contribution in [0.15, 0.2) is 18.2 Å². The number of hydrazine groups is 1. The highest BCUT2D eigenvalue weighted by atomic mass is 16.9. The second-order valence-corrected chi connectivity index (χ2v) is 2.52. The smallest absolute Gasteiger partial charge is 0.291 e. The van der Waals surface area contributed by atoms with Crippen molar-refractivity contribution in [3.63, 3.8) is 0 Å². The van der Waals surface area contributed by atoms with Gasteiger partial charge in [0.2, 0.25) is 0 Å². The highest BCUT2D eigenvalue weighted by molar-refractivity contribution is 5.59. The Morgan fingerprint density at radius 1 is 1.41 bits per heavy atom. The van der Waals surface area contributed by atoms with Crippen molar-refractivity contribution in [3.8, 4) is 5.75 Å². The Kier molecular flexibility index (Phi) is 5.74. The number of methoxy groups -OCH3 is 1. The Labute approximate surface area is 94.8 Å². The molecule has 1 rings (SSSR count). The van der Waals surface area contributed by atoms with Gasteiger partial charge in [-0.25, -0.2) is 0 Å². The van der Waals surface area contributed by atoms with Crippen LogP contribution in [0.4, 0.5) is 11.4 Å². The second-order valence-electron chi connectivity index (χ2n) is 2.52.